The number of carboxylic acid groups (broad SMARTS) is 2. The van der Waals surface area contributed by atoms with E-state index in [1.54, 1.807) is 0 Å². The van der Waals surface area contributed by atoms with Gasteiger partial charge < -0.3 is 10.2 Å². The molecule has 0 atom stereocenters. The highest BCUT2D eigenvalue weighted by molar-refractivity contribution is 7.16. The van der Waals surface area contributed by atoms with Gasteiger partial charge in [0.1, 0.15) is 9.75 Å². The monoisotopic (exact) mass is 252 g/mol. The molecule has 4 rings (SSSR count). The van der Waals surface area contributed by atoms with Gasteiger partial charge in [-0.05, 0) is 48.6 Å². The van der Waals surface area contributed by atoms with E-state index in [-0.39, 0.29) is 21.6 Å². The second-order valence-electron chi connectivity index (χ2n) is 4.75. The zero-order valence-electron chi connectivity index (χ0n) is 9.10. The lowest BCUT2D eigenvalue weighted by Crippen LogP contribution is -2.23. The molecule has 0 amide bonds. The van der Waals surface area contributed by atoms with E-state index in [1.807, 2.05) is 0 Å². The van der Waals surface area contributed by atoms with Crippen molar-refractivity contribution in [3.63, 3.8) is 0 Å². The van der Waals surface area contributed by atoms with Gasteiger partial charge in [-0.2, -0.15) is 0 Å². The molecule has 0 radical (unpaired) electrons. The Morgan fingerprint density at radius 1 is 0.882 bits per heavy atom. The maximum Gasteiger partial charge on any atom is 0.346 e. The van der Waals surface area contributed by atoms with Crippen LogP contribution in [0.1, 0.15) is 68.0 Å². The van der Waals surface area contributed by atoms with Gasteiger partial charge in [0.05, 0.1) is 0 Å². The minimum Gasteiger partial charge on any atom is -0.477 e. The summed E-state index contributed by atoms with van der Waals surface area (Å²) in [7, 11) is 0. The molecule has 0 unspecified atom stereocenters. The first kappa shape index (κ1) is 10.8. The predicted molar refractivity (Wildman–Crippen MR) is 62.2 cm³/mol. The Bertz CT molecular complexity index is 464. The third-order valence-electron chi connectivity index (χ3n) is 3.92. The lowest BCUT2D eigenvalue weighted by atomic mass is 9.67. The van der Waals surface area contributed by atoms with Crippen molar-refractivity contribution in [2.45, 2.75) is 37.5 Å². The summed E-state index contributed by atoms with van der Waals surface area (Å²) in [5.74, 6) is -1.42. The average molecular weight is 252 g/mol. The first-order valence-electron chi connectivity index (χ1n) is 5.72. The van der Waals surface area contributed by atoms with E-state index in [0.717, 1.165) is 48.1 Å². The normalized spacial score (nSPS) is 25.6. The summed E-state index contributed by atoms with van der Waals surface area (Å²) >= 11 is 0.940. The highest BCUT2D eigenvalue weighted by atomic mass is 32.1. The Kier molecular flexibility index (Phi) is 2.26. The molecule has 17 heavy (non-hydrogen) atoms. The van der Waals surface area contributed by atoms with Crippen LogP contribution in [0.3, 0.4) is 0 Å². The van der Waals surface area contributed by atoms with Crippen molar-refractivity contribution in [1.82, 2.24) is 0 Å². The molecule has 1 fully saturated rings. The lowest BCUT2D eigenvalue weighted by Gasteiger charge is -2.36. The molecule has 0 aromatic carbocycles. The van der Waals surface area contributed by atoms with Gasteiger partial charge in [0.25, 0.3) is 0 Å². The van der Waals surface area contributed by atoms with Crippen molar-refractivity contribution >= 4 is 23.3 Å². The van der Waals surface area contributed by atoms with Crippen LogP contribution < -0.4 is 0 Å². The molecule has 1 aromatic heterocycles. The largest absolute Gasteiger partial charge is 0.477 e. The topological polar surface area (TPSA) is 74.6 Å². The molecule has 2 bridgehead atoms. The summed E-state index contributed by atoms with van der Waals surface area (Å²) < 4.78 is 0. The smallest absolute Gasteiger partial charge is 0.346 e. The maximum atomic E-state index is 11.2. The minimum absolute atomic E-state index is 0.256. The van der Waals surface area contributed by atoms with E-state index in [4.69, 9.17) is 0 Å². The lowest BCUT2D eigenvalue weighted by molar-refractivity contribution is 0.0688. The summed E-state index contributed by atoms with van der Waals surface area (Å²) in [6.07, 6.45) is 4.03. The molecular formula is C12H12O4S. The zero-order chi connectivity index (χ0) is 12.2. The number of fused-ring (bicyclic) bond motifs is 2. The molecule has 2 N–H and O–H groups in total. The van der Waals surface area contributed by atoms with E-state index in [9.17, 15) is 19.8 Å². The summed E-state index contributed by atoms with van der Waals surface area (Å²) in [4.78, 5) is 22.9. The van der Waals surface area contributed by atoms with Gasteiger partial charge in [-0.3, -0.25) is 0 Å². The fourth-order valence-electron chi connectivity index (χ4n) is 3.26. The van der Waals surface area contributed by atoms with Crippen LogP contribution in [0.15, 0.2) is 0 Å². The van der Waals surface area contributed by atoms with Gasteiger partial charge in [-0.1, -0.05) is 0 Å². The quantitative estimate of drug-likeness (QED) is 0.848. The van der Waals surface area contributed by atoms with Crippen molar-refractivity contribution in [2.24, 2.45) is 0 Å². The first-order valence-corrected chi connectivity index (χ1v) is 6.54. The molecule has 3 aliphatic rings. The third-order valence-corrected chi connectivity index (χ3v) is 5.11. The molecular weight excluding hydrogens is 240 g/mol. The van der Waals surface area contributed by atoms with Gasteiger partial charge in [0.2, 0.25) is 0 Å². The summed E-state index contributed by atoms with van der Waals surface area (Å²) in [5, 5.41) is 18.4. The molecule has 1 saturated carbocycles. The van der Waals surface area contributed by atoms with Crippen LogP contribution >= 0.6 is 11.3 Å². The van der Waals surface area contributed by atoms with E-state index < -0.39 is 11.9 Å². The predicted octanol–water partition coefficient (Wildman–Crippen LogP) is 2.90. The molecule has 5 heteroatoms. The number of thiophene rings is 1. The van der Waals surface area contributed by atoms with E-state index in [2.05, 4.69) is 0 Å². The fraction of sp³-hybridized carbons (Fsp3) is 0.500. The Morgan fingerprint density at radius 3 is 1.53 bits per heavy atom. The summed E-state index contributed by atoms with van der Waals surface area (Å²) in [6, 6.07) is 0. The molecule has 4 nitrogen and oxygen atoms in total. The van der Waals surface area contributed by atoms with Gasteiger partial charge in [0, 0.05) is 0 Å². The molecule has 90 valence electrons. The highest BCUT2D eigenvalue weighted by Crippen LogP contribution is 2.54. The number of hydrogen-bond donors (Lipinski definition) is 2. The van der Waals surface area contributed by atoms with E-state index in [1.165, 1.54) is 0 Å². The summed E-state index contributed by atoms with van der Waals surface area (Å²) in [5.41, 5.74) is 1.67. The van der Waals surface area contributed by atoms with Crippen LogP contribution in [0.25, 0.3) is 0 Å². The van der Waals surface area contributed by atoms with Gasteiger partial charge in [-0.15, -0.1) is 11.3 Å². The number of carbonyl (C=O) groups is 2. The molecule has 0 aliphatic heterocycles. The van der Waals surface area contributed by atoms with Gasteiger partial charge in [-0.25, -0.2) is 9.59 Å². The Hall–Kier alpha value is -1.36. The van der Waals surface area contributed by atoms with Crippen LogP contribution in [-0.2, 0) is 0 Å². The van der Waals surface area contributed by atoms with Crippen LogP contribution in [0.2, 0.25) is 0 Å². The molecule has 0 spiro atoms. The molecule has 1 aromatic rings. The Balaban J connectivity index is 2.26. The second-order valence-corrected chi connectivity index (χ2v) is 5.77. The standard InChI is InChI=1S/C12H12O4S/c13-11(14)9-7-5-1-2-6(4-3-5)8(7)10(17-9)12(15)16/h5-6H,1-4H2,(H,13,14)(H,15,16). The average Bonchev–Trinajstić information content (AvgIpc) is 2.72. The summed E-state index contributed by atoms with van der Waals surface area (Å²) in [6.45, 7) is 0. The minimum atomic E-state index is -0.980. The third kappa shape index (κ3) is 1.42. The number of hydrogen-bond acceptors (Lipinski definition) is 3. The highest BCUT2D eigenvalue weighted by Gasteiger charge is 2.40. The number of carboxylic acids is 2. The second kappa shape index (κ2) is 3.57. The van der Waals surface area contributed by atoms with Crippen molar-refractivity contribution in [2.75, 3.05) is 0 Å². The van der Waals surface area contributed by atoms with Crippen molar-refractivity contribution in [3.05, 3.63) is 20.9 Å². The first-order chi connectivity index (χ1) is 8.09. The van der Waals surface area contributed by atoms with E-state index >= 15 is 0 Å². The van der Waals surface area contributed by atoms with Crippen LogP contribution in [0.4, 0.5) is 0 Å². The SMILES string of the molecule is O=C(O)c1sc(C(=O)O)c2c1C1CCC2CC1. The van der Waals surface area contributed by atoms with Crippen LogP contribution in [0.5, 0.6) is 0 Å². The Labute approximate surface area is 102 Å². The van der Waals surface area contributed by atoms with Crippen molar-refractivity contribution < 1.29 is 19.8 Å². The maximum absolute atomic E-state index is 11.2. The Morgan fingerprint density at radius 2 is 1.24 bits per heavy atom. The van der Waals surface area contributed by atoms with Crippen molar-refractivity contribution in [3.8, 4) is 0 Å². The van der Waals surface area contributed by atoms with Crippen molar-refractivity contribution in [1.29, 1.82) is 0 Å². The van der Waals surface area contributed by atoms with Crippen LogP contribution in [0, 0.1) is 0 Å². The molecule has 1 heterocycles. The fourth-order valence-corrected chi connectivity index (χ4v) is 4.41. The number of rotatable bonds is 2. The number of aromatic carboxylic acids is 2. The molecule has 0 saturated heterocycles. The zero-order valence-corrected chi connectivity index (χ0v) is 9.92. The van der Waals surface area contributed by atoms with Crippen LogP contribution in [-0.4, -0.2) is 22.2 Å². The van der Waals surface area contributed by atoms with Gasteiger partial charge >= 0.3 is 11.9 Å². The van der Waals surface area contributed by atoms with Gasteiger partial charge in [0.15, 0.2) is 0 Å². The molecule has 3 aliphatic carbocycles. The van der Waals surface area contributed by atoms with E-state index in [0.29, 0.717) is 0 Å².